The van der Waals surface area contributed by atoms with Gasteiger partial charge < -0.3 is 5.73 Å². The topological polar surface area (TPSA) is 26.0 Å². The molecule has 0 heterocycles. The largest absolute Gasteiger partial charge is 0.330 e. The predicted molar refractivity (Wildman–Crippen MR) is 56.5 cm³/mol. The summed E-state index contributed by atoms with van der Waals surface area (Å²) in [4.78, 5) is 0. The van der Waals surface area contributed by atoms with Gasteiger partial charge in [0.05, 0.1) is 0 Å². The molecule has 0 aromatic heterocycles. The summed E-state index contributed by atoms with van der Waals surface area (Å²) >= 11 is 4.50. The molecule has 0 fully saturated rings. The maximum atomic E-state index is 5.42. The van der Waals surface area contributed by atoms with Crippen molar-refractivity contribution in [3.05, 3.63) is 35.9 Å². The van der Waals surface area contributed by atoms with Gasteiger partial charge in [-0.2, -0.15) is 12.6 Å². The fraction of sp³-hybridized carbons (Fsp3) is 0.400. The lowest BCUT2D eigenvalue weighted by molar-refractivity contribution is 0.735. The number of thiol groups is 1. The van der Waals surface area contributed by atoms with Gasteiger partial charge in [-0.3, -0.25) is 0 Å². The summed E-state index contributed by atoms with van der Waals surface area (Å²) in [6.45, 7) is 0.754. The van der Waals surface area contributed by atoms with Crippen LogP contribution >= 0.6 is 12.6 Å². The molecular weight excluding hydrogens is 166 g/mol. The number of benzene rings is 1. The minimum Gasteiger partial charge on any atom is -0.330 e. The van der Waals surface area contributed by atoms with E-state index in [-0.39, 0.29) is 0 Å². The lowest BCUT2D eigenvalue weighted by Crippen LogP contribution is -2.00. The second-order valence-electron chi connectivity index (χ2n) is 2.86. The van der Waals surface area contributed by atoms with E-state index < -0.39 is 0 Å². The van der Waals surface area contributed by atoms with Gasteiger partial charge in [0, 0.05) is 5.25 Å². The predicted octanol–water partition coefficient (Wildman–Crippen LogP) is 2.40. The van der Waals surface area contributed by atoms with Gasteiger partial charge >= 0.3 is 0 Å². The van der Waals surface area contributed by atoms with Crippen LogP contribution in [0.5, 0.6) is 0 Å². The Balaban J connectivity index is 2.48. The molecule has 0 saturated heterocycles. The van der Waals surface area contributed by atoms with Crippen LogP contribution < -0.4 is 5.73 Å². The summed E-state index contributed by atoms with van der Waals surface area (Å²) in [5, 5.41) is 0.342. The summed E-state index contributed by atoms with van der Waals surface area (Å²) < 4.78 is 0. The molecule has 1 unspecified atom stereocenters. The smallest absolute Gasteiger partial charge is 0.0267 e. The number of nitrogens with two attached hydrogens (primary N) is 1. The molecular formula is C10H15NS. The molecule has 66 valence electrons. The molecule has 1 rings (SSSR count). The van der Waals surface area contributed by atoms with Gasteiger partial charge in [0.2, 0.25) is 0 Å². The summed E-state index contributed by atoms with van der Waals surface area (Å²) in [5.74, 6) is 0. The minimum absolute atomic E-state index is 0.342. The fourth-order valence-corrected chi connectivity index (χ4v) is 1.51. The molecule has 0 aliphatic rings. The Kier molecular flexibility index (Phi) is 4.19. The first-order valence-corrected chi connectivity index (χ1v) is 4.79. The van der Waals surface area contributed by atoms with Crippen molar-refractivity contribution >= 4 is 12.6 Å². The second-order valence-corrected chi connectivity index (χ2v) is 3.48. The van der Waals surface area contributed by atoms with Gasteiger partial charge in [0.25, 0.3) is 0 Å². The Morgan fingerprint density at radius 1 is 1.25 bits per heavy atom. The number of hydrogen-bond donors (Lipinski definition) is 2. The summed E-state index contributed by atoms with van der Waals surface area (Å²) in [6, 6.07) is 10.3. The first kappa shape index (κ1) is 9.62. The lowest BCUT2D eigenvalue weighted by Gasteiger charge is -2.09. The Morgan fingerprint density at radius 3 is 2.50 bits per heavy atom. The highest BCUT2D eigenvalue weighted by Crippen LogP contribution is 2.23. The monoisotopic (exact) mass is 181 g/mol. The van der Waals surface area contributed by atoms with Crippen LogP contribution in [0.4, 0.5) is 0 Å². The molecule has 0 bridgehead atoms. The molecule has 0 aliphatic carbocycles. The van der Waals surface area contributed by atoms with E-state index in [1.165, 1.54) is 5.56 Å². The quantitative estimate of drug-likeness (QED) is 0.685. The number of hydrogen-bond acceptors (Lipinski definition) is 2. The maximum Gasteiger partial charge on any atom is 0.0267 e. The zero-order chi connectivity index (χ0) is 8.81. The van der Waals surface area contributed by atoms with E-state index in [0.717, 1.165) is 19.4 Å². The molecule has 0 spiro atoms. The van der Waals surface area contributed by atoms with E-state index in [4.69, 9.17) is 5.73 Å². The molecule has 1 aromatic carbocycles. The molecule has 0 aliphatic heterocycles. The zero-order valence-electron chi connectivity index (χ0n) is 7.11. The van der Waals surface area contributed by atoms with E-state index in [0.29, 0.717) is 5.25 Å². The summed E-state index contributed by atoms with van der Waals surface area (Å²) in [5.41, 5.74) is 6.71. The maximum absolute atomic E-state index is 5.42. The van der Waals surface area contributed by atoms with Gasteiger partial charge in [0.15, 0.2) is 0 Å². The summed E-state index contributed by atoms with van der Waals surface area (Å²) in [7, 11) is 0. The van der Waals surface area contributed by atoms with Crippen molar-refractivity contribution < 1.29 is 0 Å². The Morgan fingerprint density at radius 2 is 1.92 bits per heavy atom. The minimum atomic E-state index is 0.342. The van der Waals surface area contributed by atoms with Crippen molar-refractivity contribution in [2.75, 3.05) is 6.54 Å². The molecule has 2 N–H and O–H groups in total. The highest BCUT2D eigenvalue weighted by molar-refractivity contribution is 7.80. The third-order valence-electron chi connectivity index (χ3n) is 1.87. The van der Waals surface area contributed by atoms with Crippen LogP contribution in [-0.2, 0) is 0 Å². The Hall–Kier alpha value is -0.470. The molecule has 0 saturated carbocycles. The number of rotatable bonds is 4. The van der Waals surface area contributed by atoms with Crippen LogP contribution in [0.15, 0.2) is 30.3 Å². The van der Waals surface area contributed by atoms with E-state index in [1.807, 2.05) is 18.2 Å². The third kappa shape index (κ3) is 2.88. The molecule has 12 heavy (non-hydrogen) atoms. The molecule has 2 heteroatoms. The Labute approximate surface area is 79.4 Å². The molecule has 1 aromatic rings. The van der Waals surface area contributed by atoms with Crippen molar-refractivity contribution in [1.29, 1.82) is 0 Å². The van der Waals surface area contributed by atoms with Crippen LogP contribution in [0.1, 0.15) is 23.7 Å². The van der Waals surface area contributed by atoms with Crippen LogP contribution in [0.25, 0.3) is 0 Å². The molecule has 1 nitrogen and oxygen atoms in total. The standard InChI is InChI=1S/C10H15NS/c11-8-4-7-10(12)9-5-2-1-3-6-9/h1-3,5-6,10,12H,4,7-8,11H2. The van der Waals surface area contributed by atoms with E-state index in [1.54, 1.807) is 0 Å². The SMILES string of the molecule is NCCCC(S)c1ccccc1. The van der Waals surface area contributed by atoms with Crippen LogP contribution in [0.3, 0.4) is 0 Å². The second kappa shape index (κ2) is 5.22. The van der Waals surface area contributed by atoms with Gasteiger partial charge in [-0.15, -0.1) is 0 Å². The highest BCUT2D eigenvalue weighted by Gasteiger charge is 2.03. The zero-order valence-corrected chi connectivity index (χ0v) is 8.00. The van der Waals surface area contributed by atoms with Gasteiger partial charge in [0.1, 0.15) is 0 Å². The van der Waals surface area contributed by atoms with Gasteiger partial charge in [-0.05, 0) is 24.9 Å². The van der Waals surface area contributed by atoms with E-state index >= 15 is 0 Å². The van der Waals surface area contributed by atoms with E-state index in [2.05, 4.69) is 24.8 Å². The molecule has 0 radical (unpaired) electrons. The summed E-state index contributed by atoms with van der Waals surface area (Å²) in [6.07, 6.45) is 2.10. The average molecular weight is 181 g/mol. The van der Waals surface area contributed by atoms with Crippen molar-refractivity contribution in [3.63, 3.8) is 0 Å². The normalized spacial score (nSPS) is 12.8. The average Bonchev–Trinajstić information content (AvgIpc) is 2.15. The van der Waals surface area contributed by atoms with Gasteiger partial charge in [-0.25, -0.2) is 0 Å². The first-order chi connectivity index (χ1) is 5.84. The highest BCUT2D eigenvalue weighted by atomic mass is 32.1. The fourth-order valence-electron chi connectivity index (χ4n) is 1.15. The molecule has 0 amide bonds. The van der Waals surface area contributed by atoms with Crippen molar-refractivity contribution in [2.24, 2.45) is 5.73 Å². The van der Waals surface area contributed by atoms with Crippen molar-refractivity contribution in [2.45, 2.75) is 18.1 Å². The van der Waals surface area contributed by atoms with Gasteiger partial charge in [-0.1, -0.05) is 30.3 Å². The lowest BCUT2D eigenvalue weighted by atomic mass is 10.1. The van der Waals surface area contributed by atoms with E-state index in [9.17, 15) is 0 Å². The molecule has 1 atom stereocenters. The Bertz CT molecular complexity index is 210. The van der Waals surface area contributed by atoms with Crippen LogP contribution in [-0.4, -0.2) is 6.54 Å². The van der Waals surface area contributed by atoms with Crippen LogP contribution in [0.2, 0.25) is 0 Å². The van der Waals surface area contributed by atoms with Crippen molar-refractivity contribution in [3.8, 4) is 0 Å². The van der Waals surface area contributed by atoms with Crippen molar-refractivity contribution in [1.82, 2.24) is 0 Å². The first-order valence-electron chi connectivity index (χ1n) is 4.27. The third-order valence-corrected chi connectivity index (χ3v) is 2.42. The van der Waals surface area contributed by atoms with Crippen LogP contribution in [0, 0.1) is 0 Å².